The van der Waals surface area contributed by atoms with Crippen molar-refractivity contribution in [1.82, 2.24) is 9.97 Å². The van der Waals surface area contributed by atoms with Gasteiger partial charge in [0.25, 0.3) is 0 Å². The summed E-state index contributed by atoms with van der Waals surface area (Å²) in [5.41, 5.74) is 1.10. The molecule has 0 fully saturated rings. The molecule has 0 saturated heterocycles. The van der Waals surface area contributed by atoms with Crippen LogP contribution in [0.15, 0.2) is 42.9 Å². The number of hydrogen-bond donors (Lipinski definition) is 1. The van der Waals surface area contributed by atoms with Crippen LogP contribution in [-0.2, 0) is 6.42 Å². The Hall–Kier alpha value is -1.61. The number of benzene rings is 1. The van der Waals surface area contributed by atoms with E-state index in [1.54, 1.807) is 6.33 Å². The van der Waals surface area contributed by atoms with E-state index < -0.39 is 0 Å². The molecule has 0 bridgehead atoms. The molecule has 15 heavy (non-hydrogen) atoms. The van der Waals surface area contributed by atoms with Crippen molar-refractivity contribution >= 4 is 21.4 Å². The van der Waals surface area contributed by atoms with E-state index in [0.717, 1.165) is 12.1 Å². The lowest BCUT2D eigenvalue weighted by Crippen LogP contribution is -1.82. The van der Waals surface area contributed by atoms with Gasteiger partial charge in [0.1, 0.15) is 0 Å². The minimum atomic E-state index is 0.919. The Kier molecular flexibility index (Phi) is 2.03. The third-order valence-corrected chi connectivity index (χ3v) is 3.50. The van der Waals surface area contributed by atoms with Gasteiger partial charge in [-0.15, -0.1) is 11.3 Å². The highest BCUT2D eigenvalue weighted by Gasteiger charge is 2.02. The molecule has 74 valence electrons. The molecule has 0 spiro atoms. The van der Waals surface area contributed by atoms with Gasteiger partial charge in [-0.2, -0.15) is 0 Å². The molecule has 0 aliphatic rings. The van der Waals surface area contributed by atoms with Crippen LogP contribution < -0.4 is 0 Å². The fourth-order valence-corrected chi connectivity index (χ4v) is 2.77. The number of hydrogen-bond acceptors (Lipinski definition) is 2. The van der Waals surface area contributed by atoms with Crippen LogP contribution >= 0.6 is 11.3 Å². The number of aromatic amines is 1. The van der Waals surface area contributed by atoms with Crippen molar-refractivity contribution < 1.29 is 0 Å². The third-order valence-electron chi connectivity index (χ3n) is 2.39. The molecule has 0 saturated carbocycles. The van der Waals surface area contributed by atoms with Crippen LogP contribution in [0.1, 0.15) is 10.6 Å². The van der Waals surface area contributed by atoms with Gasteiger partial charge in [0.2, 0.25) is 0 Å². The number of imidazole rings is 1. The summed E-state index contributed by atoms with van der Waals surface area (Å²) in [4.78, 5) is 8.57. The first-order valence-corrected chi connectivity index (χ1v) is 5.68. The van der Waals surface area contributed by atoms with Crippen LogP contribution in [-0.4, -0.2) is 9.97 Å². The fraction of sp³-hybridized carbons (Fsp3) is 0.0833. The summed E-state index contributed by atoms with van der Waals surface area (Å²) in [5, 5.41) is 1.33. The maximum absolute atomic E-state index is 4.23. The number of aromatic nitrogens is 2. The van der Waals surface area contributed by atoms with Gasteiger partial charge in [-0.1, -0.05) is 18.2 Å². The Morgan fingerprint density at radius 1 is 1.27 bits per heavy atom. The van der Waals surface area contributed by atoms with E-state index in [1.165, 1.54) is 15.0 Å². The summed E-state index contributed by atoms with van der Waals surface area (Å²) in [6, 6.07) is 10.7. The van der Waals surface area contributed by atoms with Crippen LogP contribution in [0.4, 0.5) is 0 Å². The topological polar surface area (TPSA) is 28.7 Å². The average molecular weight is 214 g/mol. The maximum atomic E-state index is 4.23. The van der Waals surface area contributed by atoms with Gasteiger partial charge in [-0.25, -0.2) is 4.98 Å². The summed E-state index contributed by atoms with van der Waals surface area (Å²) < 4.78 is 1.35. The Balaban J connectivity index is 1.98. The van der Waals surface area contributed by atoms with E-state index >= 15 is 0 Å². The second-order valence-electron chi connectivity index (χ2n) is 3.49. The van der Waals surface area contributed by atoms with Crippen LogP contribution in [0.3, 0.4) is 0 Å². The molecule has 1 N–H and O–H groups in total. The second kappa shape index (κ2) is 3.51. The molecule has 3 aromatic rings. The molecule has 2 heterocycles. The number of rotatable bonds is 2. The van der Waals surface area contributed by atoms with Crippen LogP contribution in [0.5, 0.6) is 0 Å². The van der Waals surface area contributed by atoms with E-state index in [2.05, 4.69) is 40.3 Å². The van der Waals surface area contributed by atoms with Crippen molar-refractivity contribution in [2.45, 2.75) is 6.42 Å². The summed E-state index contributed by atoms with van der Waals surface area (Å²) in [6.45, 7) is 0. The second-order valence-corrected chi connectivity index (χ2v) is 4.66. The lowest BCUT2D eigenvalue weighted by Gasteiger charge is -1.89. The van der Waals surface area contributed by atoms with E-state index in [1.807, 2.05) is 17.5 Å². The van der Waals surface area contributed by atoms with Gasteiger partial charge in [0.15, 0.2) is 0 Å². The van der Waals surface area contributed by atoms with Crippen molar-refractivity contribution in [3.05, 3.63) is 53.4 Å². The molecule has 3 heteroatoms. The highest BCUT2D eigenvalue weighted by Crippen LogP contribution is 2.26. The fourth-order valence-electron chi connectivity index (χ4n) is 1.69. The molecule has 0 amide bonds. The number of nitrogens with zero attached hydrogens (tertiary/aromatic N) is 1. The monoisotopic (exact) mass is 214 g/mol. The average Bonchev–Trinajstić information content (AvgIpc) is 2.86. The Labute approximate surface area is 91.6 Å². The zero-order chi connectivity index (χ0) is 10.1. The van der Waals surface area contributed by atoms with Gasteiger partial charge < -0.3 is 4.98 Å². The standard InChI is InChI=1S/C12H10N2S/c1-2-4-12-9(3-1)5-11(15-12)6-10-7-13-8-14-10/h1-5,7-8H,6H2,(H,13,14). The highest BCUT2D eigenvalue weighted by molar-refractivity contribution is 7.19. The molecule has 0 unspecified atom stereocenters. The lowest BCUT2D eigenvalue weighted by atomic mass is 10.2. The molecule has 2 aromatic heterocycles. The largest absolute Gasteiger partial charge is 0.351 e. The first kappa shape index (κ1) is 8.68. The lowest BCUT2D eigenvalue weighted by molar-refractivity contribution is 1.14. The molecule has 3 rings (SSSR count). The molecular formula is C12H10N2S. The summed E-state index contributed by atoms with van der Waals surface area (Å²) in [5.74, 6) is 0. The first-order chi connectivity index (χ1) is 7.42. The van der Waals surface area contributed by atoms with E-state index in [4.69, 9.17) is 0 Å². The summed E-state index contributed by atoms with van der Waals surface area (Å²) >= 11 is 1.84. The third kappa shape index (κ3) is 1.66. The molecule has 0 radical (unpaired) electrons. The zero-order valence-corrected chi connectivity index (χ0v) is 8.92. The zero-order valence-electron chi connectivity index (χ0n) is 8.10. The minimum absolute atomic E-state index is 0.919. The Morgan fingerprint density at radius 3 is 3.00 bits per heavy atom. The minimum Gasteiger partial charge on any atom is -0.351 e. The maximum Gasteiger partial charge on any atom is 0.0923 e. The van der Waals surface area contributed by atoms with Crippen molar-refractivity contribution in [2.24, 2.45) is 0 Å². The van der Waals surface area contributed by atoms with Crippen molar-refractivity contribution in [2.75, 3.05) is 0 Å². The van der Waals surface area contributed by atoms with E-state index in [9.17, 15) is 0 Å². The van der Waals surface area contributed by atoms with E-state index in [-0.39, 0.29) is 0 Å². The normalized spacial score (nSPS) is 10.9. The quantitative estimate of drug-likeness (QED) is 0.697. The molecule has 1 aromatic carbocycles. The SMILES string of the molecule is c1ccc2sc(Cc3c[nH]cn3)cc2c1. The number of H-pyrrole nitrogens is 1. The summed E-state index contributed by atoms with van der Waals surface area (Å²) in [7, 11) is 0. The van der Waals surface area contributed by atoms with Crippen LogP contribution in [0.2, 0.25) is 0 Å². The molecule has 0 aliphatic carbocycles. The van der Waals surface area contributed by atoms with Gasteiger partial charge in [-0.3, -0.25) is 0 Å². The predicted octanol–water partition coefficient (Wildman–Crippen LogP) is 3.22. The highest BCUT2D eigenvalue weighted by atomic mass is 32.1. The number of thiophene rings is 1. The number of fused-ring (bicyclic) bond motifs is 1. The van der Waals surface area contributed by atoms with Crippen molar-refractivity contribution in [1.29, 1.82) is 0 Å². The first-order valence-electron chi connectivity index (χ1n) is 4.87. The van der Waals surface area contributed by atoms with Crippen molar-refractivity contribution in [3.63, 3.8) is 0 Å². The predicted molar refractivity (Wildman–Crippen MR) is 63.2 cm³/mol. The Morgan fingerprint density at radius 2 is 2.20 bits per heavy atom. The van der Waals surface area contributed by atoms with Crippen LogP contribution in [0.25, 0.3) is 10.1 Å². The summed E-state index contributed by atoms with van der Waals surface area (Å²) in [6.07, 6.45) is 4.59. The molecule has 0 aliphatic heterocycles. The van der Waals surface area contributed by atoms with Gasteiger partial charge >= 0.3 is 0 Å². The van der Waals surface area contributed by atoms with E-state index in [0.29, 0.717) is 0 Å². The smallest absolute Gasteiger partial charge is 0.0923 e. The van der Waals surface area contributed by atoms with Gasteiger partial charge in [0.05, 0.1) is 12.0 Å². The molecule has 0 atom stereocenters. The van der Waals surface area contributed by atoms with Crippen molar-refractivity contribution in [3.8, 4) is 0 Å². The van der Waals surface area contributed by atoms with Gasteiger partial charge in [0, 0.05) is 22.2 Å². The molecular weight excluding hydrogens is 204 g/mol. The van der Waals surface area contributed by atoms with Crippen LogP contribution in [0, 0.1) is 0 Å². The van der Waals surface area contributed by atoms with Gasteiger partial charge in [-0.05, 0) is 17.5 Å². The molecule has 2 nitrogen and oxygen atoms in total. The Bertz CT molecular complexity index is 533. The number of nitrogens with one attached hydrogen (secondary N) is 1.